The van der Waals surface area contributed by atoms with Gasteiger partial charge in [-0.2, -0.15) is 0 Å². The fraction of sp³-hybridized carbons (Fsp3) is 0.286. The average Bonchev–Trinajstić information content (AvgIpc) is 2.91. The van der Waals surface area contributed by atoms with Gasteiger partial charge in [0, 0.05) is 23.8 Å². The summed E-state index contributed by atoms with van der Waals surface area (Å²) in [6.45, 7) is 1.23. The summed E-state index contributed by atoms with van der Waals surface area (Å²) in [6.07, 6.45) is 2.39. The first kappa shape index (κ1) is 12.2. The molecule has 4 nitrogen and oxygen atoms in total. The molecule has 3 rings (SSSR count). The summed E-state index contributed by atoms with van der Waals surface area (Å²) in [4.78, 5) is 17.7. The van der Waals surface area contributed by atoms with Crippen molar-refractivity contribution in [1.82, 2.24) is 4.98 Å². The summed E-state index contributed by atoms with van der Waals surface area (Å²) in [5.41, 5.74) is 2.24. The predicted octanol–water partition coefficient (Wildman–Crippen LogP) is 2.41. The number of benzene rings is 1. The average molecular weight is 274 g/mol. The maximum Gasteiger partial charge on any atom is 0.308 e. The van der Waals surface area contributed by atoms with Crippen molar-refractivity contribution in [1.29, 1.82) is 0 Å². The summed E-state index contributed by atoms with van der Waals surface area (Å²) < 4.78 is 0. The molecule has 98 valence electrons. The van der Waals surface area contributed by atoms with Gasteiger partial charge in [-0.3, -0.25) is 4.79 Å². The summed E-state index contributed by atoms with van der Waals surface area (Å²) in [5.74, 6) is -1.06. The minimum absolute atomic E-state index is 0.338. The van der Waals surface area contributed by atoms with E-state index in [1.807, 2.05) is 23.6 Å². The van der Waals surface area contributed by atoms with Gasteiger partial charge in [0.1, 0.15) is 5.01 Å². The Morgan fingerprint density at radius 3 is 3.05 bits per heavy atom. The van der Waals surface area contributed by atoms with Gasteiger partial charge in [0.2, 0.25) is 0 Å². The van der Waals surface area contributed by atoms with Crippen molar-refractivity contribution in [3.8, 4) is 0 Å². The van der Waals surface area contributed by atoms with Gasteiger partial charge < -0.3 is 10.0 Å². The number of carboxylic acid groups (broad SMARTS) is 1. The Kier molecular flexibility index (Phi) is 3.21. The highest BCUT2D eigenvalue weighted by molar-refractivity contribution is 7.09. The molecule has 0 saturated carbocycles. The van der Waals surface area contributed by atoms with Crippen LogP contribution < -0.4 is 4.90 Å². The molecule has 19 heavy (non-hydrogen) atoms. The number of hydrogen-bond acceptors (Lipinski definition) is 4. The van der Waals surface area contributed by atoms with Gasteiger partial charge in [0.15, 0.2) is 0 Å². The molecule has 0 amide bonds. The minimum Gasteiger partial charge on any atom is -0.481 e. The highest BCUT2D eigenvalue weighted by atomic mass is 32.1. The van der Waals surface area contributed by atoms with Gasteiger partial charge in [0.05, 0.1) is 12.5 Å². The summed E-state index contributed by atoms with van der Waals surface area (Å²) in [5, 5.41) is 12.2. The molecular formula is C14H14N2O2S. The van der Waals surface area contributed by atoms with Crippen molar-refractivity contribution in [2.45, 2.75) is 13.0 Å². The van der Waals surface area contributed by atoms with Crippen molar-refractivity contribution in [3.63, 3.8) is 0 Å². The number of nitrogens with zero attached hydrogens (tertiary/aromatic N) is 2. The topological polar surface area (TPSA) is 53.4 Å². The van der Waals surface area contributed by atoms with Gasteiger partial charge in [-0.05, 0) is 18.1 Å². The molecule has 0 saturated heterocycles. The van der Waals surface area contributed by atoms with Crippen molar-refractivity contribution < 1.29 is 9.90 Å². The molecule has 0 radical (unpaired) electrons. The Hall–Kier alpha value is -1.88. The molecule has 1 N–H and O–H groups in total. The number of carboxylic acids is 1. The second kappa shape index (κ2) is 5.01. The maximum absolute atomic E-state index is 11.3. The van der Waals surface area contributed by atoms with E-state index in [4.69, 9.17) is 0 Å². The number of para-hydroxylation sites is 1. The van der Waals surface area contributed by atoms with Crippen molar-refractivity contribution >= 4 is 23.0 Å². The molecule has 0 bridgehead atoms. The molecule has 2 heterocycles. The molecule has 0 fully saturated rings. The first-order valence-electron chi connectivity index (χ1n) is 6.18. The number of aromatic nitrogens is 1. The Morgan fingerprint density at radius 1 is 1.47 bits per heavy atom. The van der Waals surface area contributed by atoms with Crippen LogP contribution in [-0.4, -0.2) is 22.6 Å². The number of rotatable bonds is 3. The zero-order valence-electron chi connectivity index (χ0n) is 10.3. The van der Waals surface area contributed by atoms with Crippen LogP contribution in [0.1, 0.15) is 10.6 Å². The van der Waals surface area contributed by atoms with E-state index >= 15 is 0 Å². The fourth-order valence-corrected chi connectivity index (χ4v) is 3.13. The van der Waals surface area contributed by atoms with Crippen molar-refractivity contribution in [2.24, 2.45) is 5.92 Å². The third-order valence-electron chi connectivity index (χ3n) is 3.40. The Morgan fingerprint density at radius 2 is 2.32 bits per heavy atom. The third kappa shape index (κ3) is 2.46. The molecule has 0 spiro atoms. The lowest BCUT2D eigenvalue weighted by atomic mass is 9.92. The number of anilines is 1. The van der Waals surface area contributed by atoms with Gasteiger partial charge in [-0.1, -0.05) is 18.2 Å². The second-order valence-electron chi connectivity index (χ2n) is 4.67. The molecule has 2 aromatic rings. The SMILES string of the molecule is O=C(O)C1Cc2ccccc2N(Cc2nccs2)C1. The molecule has 1 aliphatic heterocycles. The highest BCUT2D eigenvalue weighted by Crippen LogP contribution is 2.31. The number of fused-ring (bicyclic) bond motifs is 1. The van der Waals surface area contributed by atoms with Crippen LogP contribution in [0.4, 0.5) is 5.69 Å². The minimum atomic E-state index is -0.723. The smallest absolute Gasteiger partial charge is 0.308 e. The molecule has 5 heteroatoms. The number of hydrogen-bond donors (Lipinski definition) is 1. The van der Waals surface area contributed by atoms with E-state index in [1.165, 1.54) is 0 Å². The lowest BCUT2D eigenvalue weighted by molar-refractivity contribution is -0.141. The molecule has 1 aromatic carbocycles. The number of aliphatic carboxylic acids is 1. The van der Waals surface area contributed by atoms with Crippen LogP contribution in [0.3, 0.4) is 0 Å². The van der Waals surface area contributed by atoms with Crippen LogP contribution in [0.5, 0.6) is 0 Å². The van der Waals surface area contributed by atoms with E-state index in [0.717, 1.165) is 16.3 Å². The van der Waals surface area contributed by atoms with E-state index < -0.39 is 5.97 Å². The zero-order valence-corrected chi connectivity index (χ0v) is 11.1. The molecule has 1 aromatic heterocycles. The number of carbonyl (C=O) groups is 1. The Labute approximate surface area is 115 Å². The Bertz CT molecular complexity index is 583. The van der Waals surface area contributed by atoms with E-state index in [9.17, 15) is 9.90 Å². The van der Waals surface area contributed by atoms with E-state index in [-0.39, 0.29) is 5.92 Å². The van der Waals surface area contributed by atoms with Crippen LogP contribution in [0, 0.1) is 5.92 Å². The van der Waals surface area contributed by atoms with Crippen LogP contribution in [0.2, 0.25) is 0 Å². The molecule has 1 atom stereocenters. The predicted molar refractivity (Wildman–Crippen MR) is 74.4 cm³/mol. The maximum atomic E-state index is 11.3. The van der Waals surface area contributed by atoms with Crippen molar-refractivity contribution in [3.05, 3.63) is 46.4 Å². The van der Waals surface area contributed by atoms with E-state index in [2.05, 4.69) is 16.0 Å². The van der Waals surface area contributed by atoms with Crippen LogP contribution in [-0.2, 0) is 17.8 Å². The third-order valence-corrected chi connectivity index (χ3v) is 4.16. The monoisotopic (exact) mass is 274 g/mol. The van der Waals surface area contributed by atoms with Gasteiger partial charge in [-0.15, -0.1) is 11.3 Å². The second-order valence-corrected chi connectivity index (χ2v) is 5.65. The normalized spacial score (nSPS) is 18.1. The highest BCUT2D eigenvalue weighted by Gasteiger charge is 2.29. The van der Waals surface area contributed by atoms with Gasteiger partial charge in [-0.25, -0.2) is 4.98 Å². The standard InChI is InChI=1S/C14H14N2O2S/c17-14(18)11-7-10-3-1-2-4-12(10)16(8-11)9-13-15-5-6-19-13/h1-6,11H,7-9H2,(H,17,18). The van der Waals surface area contributed by atoms with Crippen LogP contribution in [0.25, 0.3) is 0 Å². The zero-order chi connectivity index (χ0) is 13.2. The Balaban J connectivity index is 1.91. The van der Waals surface area contributed by atoms with Crippen LogP contribution in [0.15, 0.2) is 35.8 Å². The van der Waals surface area contributed by atoms with E-state index in [1.54, 1.807) is 17.5 Å². The first-order chi connectivity index (χ1) is 9.24. The largest absolute Gasteiger partial charge is 0.481 e. The summed E-state index contributed by atoms with van der Waals surface area (Å²) in [7, 11) is 0. The van der Waals surface area contributed by atoms with Gasteiger partial charge >= 0.3 is 5.97 Å². The van der Waals surface area contributed by atoms with Crippen molar-refractivity contribution in [2.75, 3.05) is 11.4 Å². The first-order valence-corrected chi connectivity index (χ1v) is 7.06. The quantitative estimate of drug-likeness (QED) is 0.934. The van der Waals surface area contributed by atoms with E-state index in [0.29, 0.717) is 19.5 Å². The fourth-order valence-electron chi connectivity index (χ4n) is 2.50. The van der Waals surface area contributed by atoms with Crippen LogP contribution >= 0.6 is 11.3 Å². The van der Waals surface area contributed by atoms with Gasteiger partial charge in [0.25, 0.3) is 0 Å². The summed E-state index contributed by atoms with van der Waals surface area (Å²) >= 11 is 1.60. The number of thiazole rings is 1. The molecule has 1 unspecified atom stereocenters. The summed E-state index contributed by atoms with van der Waals surface area (Å²) in [6, 6.07) is 8.03. The molecule has 1 aliphatic rings. The molecular weight excluding hydrogens is 260 g/mol. The lowest BCUT2D eigenvalue weighted by Crippen LogP contribution is -2.38. The lowest BCUT2D eigenvalue weighted by Gasteiger charge is -2.34. The molecule has 0 aliphatic carbocycles.